The molecule has 0 aromatic heterocycles. The van der Waals surface area contributed by atoms with E-state index in [0.29, 0.717) is 25.4 Å². The van der Waals surface area contributed by atoms with Crippen molar-refractivity contribution in [1.82, 2.24) is 9.80 Å². The van der Waals surface area contributed by atoms with Crippen molar-refractivity contribution < 1.29 is 9.59 Å². The zero-order valence-corrected chi connectivity index (χ0v) is 15.6. The van der Waals surface area contributed by atoms with Gasteiger partial charge in [0.15, 0.2) is 0 Å². The smallest absolute Gasteiger partial charge is 0.245 e. The van der Waals surface area contributed by atoms with E-state index in [9.17, 15) is 9.59 Å². The van der Waals surface area contributed by atoms with Gasteiger partial charge < -0.3 is 15.5 Å². The molecule has 0 radical (unpaired) electrons. The largest absolute Gasteiger partial charge is 0.344 e. The fourth-order valence-corrected chi connectivity index (χ4v) is 3.23. The molecule has 0 bridgehead atoms. The van der Waals surface area contributed by atoms with Crippen LogP contribution in [0.4, 0.5) is 0 Å². The van der Waals surface area contributed by atoms with Crippen molar-refractivity contribution in [2.24, 2.45) is 11.7 Å². The predicted octanol–water partition coefficient (Wildman–Crippen LogP) is 2.05. The van der Waals surface area contributed by atoms with E-state index in [1.807, 2.05) is 37.4 Å². The molecule has 1 aliphatic heterocycles. The molecule has 0 saturated carbocycles. The average molecular weight is 345 g/mol. The molecule has 1 aromatic carbocycles. The fourth-order valence-electron chi connectivity index (χ4n) is 3.23. The van der Waals surface area contributed by atoms with Crippen LogP contribution < -0.4 is 5.73 Å². The molecule has 0 aliphatic carbocycles. The molecular weight excluding hydrogens is 314 g/mol. The van der Waals surface area contributed by atoms with Crippen molar-refractivity contribution >= 4 is 11.8 Å². The van der Waals surface area contributed by atoms with Crippen molar-refractivity contribution in [3.8, 4) is 0 Å². The number of nitrogens with zero attached hydrogens (tertiary/aromatic N) is 2. The number of likely N-dealkylation sites (N-methyl/N-ethyl adjacent to an activating group) is 1. The van der Waals surface area contributed by atoms with E-state index < -0.39 is 0 Å². The Morgan fingerprint density at radius 3 is 2.60 bits per heavy atom. The van der Waals surface area contributed by atoms with Crippen LogP contribution in [0.25, 0.3) is 0 Å². The van der Waals surface area contributed by atoms with Crippen LogP contribution in [0.3, 0.4) is 0 Å². The quantitative estimate of drug-likeness (QED) is 0.822. The first-order valence-corrected chi connectivity index (χ1v) is 9.24. The van der Waals surface area contributed by atoms with E-state index in [-0.39, 0.29) is 23.9 Å². The predicted molar refractivity (Wildman–Crippen MR) is 99.9 cm³/mol. The lowest BCUT2D eigenvalue weighted by Crippen LogP contribution is -2.47. The van der Waals surface area contributed by atoms with Crippen LogP contribution >= 0.6 is 0 Å². The number of hydrogen-bond acceptors (Lipinski definition) is 3. The Morgan fingerprint density at radius 2 is 1.96 bits per heavy atom. The van der Waals surface area contributed by atoms with Gasteiger partial charge in [-0.05, 0) is 30.7 Å². The van der Waals surface area contributed by atoms with E-state index in [0.717, 1.165) is 24.8 Å². The van der Waals surface area contributed by atoms with E-state index in [4.69, 9.17) is 5.73 Å². The second-order valence-corrected chi connectivity index (χ2v) is 7.36. The van der Waals surface area contributed by atoms with Crippen molar-refractivity contribution in [3.05, 3.63) is 35.9 Å². The monoisotopic (exact) mass is 345 g/mol. The summed E-state index contributed by atoms with van der Waals surface area (Å²) in [6, 6.07) is 9.47. The van der Waals surface area contributed by atoms with Gasteiger partial charge in [0.2, 0.25) is 11.8 Å². The number of likely N-dealkylation sites (tertiary alicyclic amines) is 1. The first-order valence-electron chi connectivity index (χ1n) is 9.24. The molecule has 2 rings (SSSR count). The molecule has 2 amide bonds. The summed E-state index contributed by atoms with van der Waals surface area (Å²) in [4.78, 5) is 28.9. The van der Waals surface area contributed by atoms with Crippen molar-refractivity contribution in [1.29, 1.82) is 0 Å². The number of nitrogens with two attached hydrogens (primary N) is 1. The second kappa shape index (κ2) is 8.99. The minimum Gasteiger partial charge on any atom is -0.344 e. The van der Waals surface area contributed by atoms with E-state index >= 15 is 0 Å². The Kier molecular flexibility index (Phi) is 7.00. The summed E-state index contributed by atoms with van der Waals surface area (Å²) in [5.74, 6) is 0.475. The van der Waals surface area contributed by atoms with Crippen LogP contribution in [0.2, 0.25) is 0 Å². The Labute approximate surface area is 151 Å². The number of benzene rings is 1. The average Bonchev–Trinajstić information content (AvgIpc) is 3.09. The molecular formula is C20H31N3O2. The molecule has 2 atom stereocenters. The van der Waals surface area contributed by atoms with Gasteiger partial charge in [-0.25, -0.2) is 0 Å². The molecule has 2 unspecified atom stereocenters. The SMILES string of the molecule is CC(C)C(N)CCN(C)C(=O)C1CCCN1C(=O)Cc1ccccc1. The van der Waals surface area contributed by atoms with E-state index in [1.54, 1.807) is 9.80 Å². The maximum atomic E-state index is 12.8. The number of rotatable bonds is 7. The fraction of sp³-hybridized carbons (Fsp3) is 0.600. The maximum Gasteiger partial charge on any atom is 0.245 e. The molecule has 1 saturated heterocycles. The highest BCUT2D eigenvalue weighted by molar-refractivity contribution is 5.89. The number of carbonyl (C=O) groups is 2. The molecule has 1 aliphatic rings. The van der Waals surface area contributed by atoms with E-state index in [2.05, 4.69) is 13.8 Å². The Bertz CT molecular complexity index is 574. The Hall–Kier alpha value is -1.88. The number of hydrogen-bond donors (Lipinski definition) is 1. The summed E-state index contributed by atoms with van der Waals surface area (Å²) in [5.41, 5.74) is 7.07. The molecule has 1 heterocycles. The molecule has 2 N–H and O–H groups in total. The third-order valence-electron chi connectivity index (χ3n) is 5.09. The normalized spacial score (nSPS) is 18.4. The first kappa shape index (κ1) is 19.4. The Balaban J connectivity index is 1.93. The van der Waals surface area contributed by atoms with Gasteiger partial charge in [0, 0.05) is 26.2 Å². The third-order valence-corrected chi connectivity index (χ3v) is 5.09. The molecule has 5 nitrogen and oxygen atoms in total. The molecule has 25 heavy (non-hydrogen) atoms. The number of carbonyl (C=O) groups excluding carboxylic acids is 2. The van der Waals surface area contributed by atoms with Crippen molar-refractivity contribution in [2.45, 2.75) is 51.6 Å². The summed E-state index contributed by atoms with van der Waals surface area (Å²) < 4.78 is 0. The van der Waals surface area contributed by atoms with E-state index in [1.165, 1.54) is 0 Å². The van der Waals surface area contributed by atoms with Gasteiger partial charge in [0.1, 0.15) is 6.04 Å². The minimum atomic E-state index is -0.323. The van der Waals surface area contributed by atoms with Gasteiger partial charge in [-0.1, -0.05) is 44.2 Å². The van der Waals surface area contributed by atoms with Crippen LogP contribution in [0.1, 0.15) is 38.7 Å². The summed E-state index contributed by atoms with van der Waals surface area (Å²) in [7, 11) is 1.81. The van der Waals surface area contributed by atoms with Crippen LogP contribution in [-0.4, -0.2) is 53.8 Å². The van der Waals surface area contributed by atoms with Gasteiger partial charge in [0.05, 0.1) is 6.42 Å². The van der Waals surface area contributed by atoms with Gasteiger partial charge in [-0.2, -0.15) is 0 Å². The number of amides is 2. The van der Waals surface area contributed by atoms with Gasteiger partial charge >= 0.3 is 0 Å². The summed E-state index contributed by atoms with van der Waals surface area (Å²) in [6.45, 7) is 5.48. The lowest BCUT2D eigenvalue weighted by atomic mass is 10.0. The zero-order valence-electron chi connectivity index (χ0n) is 15.6. The molecule has 138 valence electrons. The van der Waals surface area contributed by atoms with Gasteiger partial charge in [-0.3, -0.25) is 9.59 Å². The Morgan fingerprint density at radius 1 is 1.28 bits per heavy atom. The van der Waals surface area contributed by atoms with Crippen LogP contribution in [0.15, 0.2) is 30.3 Å². The minimum absolute atomic E-state index is 0.0364. The first-order chi connectivity index (χ1) is 11.9. The van der Waals surface area contributed by atoms with Crippen LogP contribution in [0.5, 0.6) is 0 Å². The molecule has 0 spiro atoms. The lowest BCUT2D eigenvalue weighted by Gasteiger charge is -2.29. The zero-order chi connectivity index (χ0) is 18.4. The van der Waals surface area contributed by atoms with Crippen LogP contribution in [0, 0.1) is 5.92 Å². The molecule has 5 heteroatoms. The summed E-state index contributed by atoms with van der Waals surface area (Å²) in [5, 5.41) is 0. The van der Waals surface area contributed by atoms with Gasteiger partial charge in [0.25, 0.3) is 0 Å². The highest BCUT2D eigenvalue weighted by Gasteiger charge is 2.35. The third kappa shape index (κ3) is 5.30. The molecule has 1 fully saturated rings. The molecule has 1 aromatic rings. The summed E-state index contributed by atoms with van der Waals surface area (Å²) in [6.07, 6.45) is 2.77. The highest BCUT2D eigenvalue weighted by atomic mass is 16.2. The topological polar surface area (TPSA) is 66.6 Å². The second-order valence-electron chi connectivity index (χ2n) is 7.36. The maximum absolute atomic E-state index is 12.8. The summed E-state index contributed by atoms with van der Waals surface area (Å²) >= 11 is 0. The van der Waals surface area contributed by atoms with Gasteiger partial charge in [-0.15, -0.1) is 0 Å². The van der Waals surface area contributed by atoms with Crippen molar-refractivity contribution in [3.63, 3.8) is 0 Å². The lowest BCUT2D eigenvalue weighted by molar-refractivity contribution is -0.142. The van der Waals surface area contributed by atoms with Crippen LogP contribution in [-0.2, 0) is 16.0 Å². The standard InChI is InChI=1S/C20H31N3O2/c1-15(2)17(21)11-13-22(3)20(25)18-10-7-12-23(18)19(24)14-16-8-5-4-6-9-16/h4-6,8-9,15,17-18H,7,10-14,21H2,1-3H3. The highest BCUT2D eigenvalue weighted by Crippen LogP contribution is 2.21. The van der Waals surface area contributed by atoms with Crippen molar-refractivity contribution in [2.75, 3.05) is 20.1 Å².